The zero-order chi connectivity index (χ0) is 26.0. The van der Waals surface area contributed by atoms with Gasteiger partial charge in [-0.25, -0.2) is 13.4 Å². The molecule has 0 spiro atoms. The number of rotatable bonds is 4. The molecule has 1 aromatic carbocycles. The Balaban J connectivity index is 1.56. The molecule has 0 saturated heterocycles. The molecule has 0 bridgehead atoms. The monoisotopic (exact) mass is 528 g/mol. The number of para-hydroxylation sites is 1. The van der Waals surface area contributed by atoms with Crippen LogP contribution in [0.25, 0.3) is 28.7 Å². The van der Waals surface area contributed by atoms with E-state index in [2.05, 4.69) is 42.2 Å². The largest absolute Gasteiger partial charge is 0.410 e. The minimum Gasteiger partial charge on any atom is -0.410 e. The lowest BCUT2D eigenvalue weighted by Gasteiger charge is -2.09. The third kappa shape index (κ3) is 4.92. The zero-order valence-corrected chi connectivity index (χ0v) is 20.4. The summed E-state index contributed by atoms with van der Waals surface area (Å²) in [6.07, 6.45) is 3.82. The lowest BCUT2D eigenvalue weighted by Crippen LogP contribution is -2.03. The fourth-order valence-electron chi connectivity index (χ4n) is 3.25. The highest BCUT2D eigenvalue weighted by Crippen LogP contribution is 2.27. The van der Waals surface area contributed by atoms with Gasteiger partial charge in [-0.3, -0.25) is 9.55 Å². The van der Waals surface area contributed by atoms with Gasteiger partial charge < -0.3 is 4.42 Å². The molecule has 0 atom stereocenters. The Hall–Kier alpha value is -4.91. The topological polar surface area (TPSA) is 153 Å². The molecule has 0 fully saturated rings. The molecule has 5 aromatic rings. The van der Waals surface area contributed by atoms with Crippen molar-refractivity contribution in [3.63, 3.8) is 0 Å². The Bertz CT molecular complexity index is 1850. The van der Waals surface area contributed by atoms with Gasteiger partial charge in [0.25, 0.3) is 5.89 Å². The molecule has 0 amide bonds. The number of benzene rings is 1. The molecule has 4 heterocycles. The van der Waals surface area contributed by atoms with E-state index in [4.69, 9.17) is 21.3 Å². The van der Waals surface area contributed by atoms with E-state index in [9.17, 15) is 8.42 Å². The molecule has 0 unspecified atom stereocenters. The lowest BCUT2D eigenvalue weighted by atomic mass is 10.2. The van der Waals surface area contributed by atoms with Gasteiger partial charge >= 0.3 is 0 Å². The number of nitriles is 1. The van der Waals surface area contributed by atoms with Crippen molar-refractivity contribution in [1.29, 1.82) is 5.26 Å². The molecule has 11 nitrogen and oxygen atoms in total. The Labute approximate surface area is 215 Å². The van der Waals surface area contributed by atoms with Gasteiger partial charge in [0.15, 0.2) is 15.7 Å². The van der Waals surface area contributed by atoms with Gasteiger partial charge in [-0.1, -0.05) is 28.8 Å². The molecule has 0 aliphatic rings. The first kappa shape index (κ1) is 23.8. The van der Waals surface area contributed by atoms with Crippen LogP contribution in [0.5, 0.6) is 0 Å². The summed E-state index contributed by atoms with van der Waals surface area (Å²) in [6.45, 7) is 0. The van der Waals surface area contributed by atoms with Gasteiger partial charge in [0.2, 0.25) is 11.7 Å². The molecular formula is C24H13ClN8O3S. The molecule has 0 radical (unpaired) electrons. The van der Waals surface area contributed by atoms with Gasteiger partial charge in [-0.15, -0.1) is 15.3 Å². The average molecular weight is 529 g/mol. The number of pyridine rings is 2. The summed E-state index contributed by atoms with van der Waals surface area (Å²) in [6, 6.07) is 15.1. The molecule has 4 aromatic heterocycles. The summed E-state index contributed by atoms with van der Waals surface area (Å²) in [7, 11) is -3.42. The van der Waals surface area contributed by atoms with Crippen LogP contribution in [0.4, 0.5) is 0 Å². The lowest BCUT2D eigenvalue weighted by molar-refractivity contribution is 0.554. The van der Waals surface area contributed by atoms with Crippen molar-refractivity contribution in [2.24, 2.45) is 0 Å². The summed E-state index contributed by atoms with van der Waals surface area (Å²) < 4.78 is 30.8. The van der Waals surface area contributed by atoms with Crippen molar-refractivity contribution < 1.29 is 12.8 Å². The Morgan fingerprint density at radius 1 is 1.00 bits per heavy atom. The molecule has 0 aliphatic carbocycles. The third-order valence-corrected chi connectivity index (χ3v) is 6.40. The summed E-state index contributed by atoms with van der Waals surface area (Å²) in [5, 5.41) is 25.7. The van der Waals surface area contributed by atoms with Crippen LogP contribution in [0.3, 0.4) is 0 Å². The molecule has 0 aliphatic heterocycles. The Kier molecular flexibility index (Phi) is 6.19. The molecular weight excluding hydrogens is 516 g/mol. The highest BCUT2D eigenvalue weighted by molar-refractivity contribution is 7.90. The molecule has 0 saturated carbocycles. The first-order valence-electron chi connectivity index (χ1n) is 10.4. The van der Waals surface area contributed by atoms with Gasteiger partial charge in [-0.2, -0.15) is 5.26 Å². The van der Waals surface area contributed by atoms with E-state index in [-0.39, 0.29) is 28.2 Å². The molecule has 180 valence electrons. The van der Waals surface area contributed by atoms with E-state index in [0.29, 0.717) is 27.8 Å². The van der Waals surface area contributed by atoms with Crippen LogP contribution in [0, 0.1) is 23.2 Å². The summed E-state index contributed by atoms with van der Waals surface area (Å²) in [5.74, 6) is 6.31. The molecule has 0 N–H and O–H groups in total. The summed E-state index contributed by atoms with van der Waals surface area (Å²) >= 11 is 6.45. The second-order valence-corrected chi connectivity index (χ2v) is 9.91. The quantitative estimate of drug-likeness (QED) is 0.318. The van der Waals surface area contributed by atoms with Crippen LogP contribution in [0.15, 0.2) is 70.2 Å². The number of sulfone groups is 1. The summed E-state index contributed by atoms with van der Waals surface area (Å²) in [5.41, 5.74) is 1.63. The maximum atomic E-state index is 11.8. The van der Waals surface area contributed by atoms with E-state index in [1.807, 2.05) is 6.07 Å². The smallest absolute Gasteiger partial charge is 0.294 e. The van der Waals surface area contributed by atoms with Gasteiger partial charge in [0.05, 0.1) is 15.6 Å². The zero-order valence-electron chi connectivity index (χ0n) is 18.9. The van der Waals surface area contributed by atoms with Crippen molar-refractivity contribution in [1.82, 2.24) is 34.9 Å². The average Bonchev–Trinajstić information content (AvgIpc) is 3.55. The highest BCUT2D eigenvalue weighted by atomic mass is 35.5. The summed E-state index contributed by atoms with van der Waals surface area (Å²) in [4.78, 5) is 8.24. The van der Waals surface area contributed by atoms with Crippen LogP contribution >= 0.6 is 11.6 Å². The number of hydrogen-bond acceptors (Lipinski definition) is 10. The van der Waals surface area contributed by atoms with E-state index in [1.54, 1.807) is 34.9 Å². The van der Waals surface area contributed by atoms with E-state index in [0.717, 1.165) is 6.26 Å². The Morgan fingerprint density at radius 2 is 1.84 bits per heavy atom. The van der Waals surface area contributed by atoms with E-state index in [1.165, 1.54) is 30.6 Å². The van der Waals surface area contributed by atoms with Crippen LogP contribution in [-0.2, 0) is 9.84 Å². The first-order chi connectivity index (χ1) is 17.8. The molecule has 13 heteroatoms. The minimum atomic E-state index is -3.42. The maximum Gasteiger partial charge on any atom is 0.294 e. The SMILES string of the molecule is CS(=O)(=O)c1ccc(-c2nnc(C#Cc3nnc(-c4ccnc(C#N)c4)o3)n2-c2ccccc2Cl)nc1. The standard InChI is InChI=1S/C24H13ClN8O3S/c1-37(34,35)17-6-7-19(28-14-17)23-31-29-21(33(23)20-5-3-2-4-18(20)25)8-9-22-30-32-24(36-22)15-10-11-27-16(12-15)13-26/h2-7,10-12,14H,1H3. The predicted octanol–water partition coefficient (Wildman–Crippen LogP) is 3.10. The Morgan fingerprint density at radius 3 is 2.57 bits per heavy atom. The second kappa shape index (κ2) is 9.62. The van der Waals surface area contributed by atoms with Gasteiger partial charge in [-0.05, 0) is 42.3 Å². The van der Waals surface area contributed by atoms with E-state index >= 15 is 0 Å². The van der Waals surface area contributed by atoms with Crippen molar-refractivity contribution >= 4 is 21.4 Å². The van der Waals surface area contributed by atoms with Gasteiger partial charge in [0.1, 0.15) is 17.5 Å². The highest BCUT2D eigenvalue weighted by Gasteiger charge is 2.19. The van der Waals surface area contributed by atoms with E-state index < -0.39 is 9.84 Å². The molecule has 37 heavy (non-hydrogen) atoms. The minimum absolute atomic E-state index is 0.0104. The van der Waals surface area contributed by atoms with Crippen LogP contribution in [0.2, 0.25) is 5.02 Å². The first-order valence-corrected chi connectivity index (χ1v) is 12.7. The van der Waals surface area contributed by atoms with Gasteiger partial charge in [0, 0.05) is 30.1 Å². The van der Waals surface area contributed by atoms with Crippen LogP contribution < -0.4 is 0 Å². The van der Waals surface area contributed by atoms with Crippen LogP contribution in [-0.4, -0.2) is 49.6 Å². The molecule has 5 rings (SSSR count). The number of aromatic nitrogens is 7. The van der Waals surface area contributed by atoms with Crippen LogP contribution in [0.1, 0.15) is 17.4 Å². The number of hydrogen-bond donors (Lipinski definition) is 0. The fraction of sp³-hybridized carbons (Fsp3) is 0.0417. The fourth-order valence-corrected chi connectivity index (χ4v) is 4.03. The number of halogens is 1. The normalized spacial score (nSPS) is 10.9. The maximum absolute atomic E-state index is 11.8. The van der Waals surface area contributed by atoms with Crippen molar-refractivity contribution in [3.8, 4) is 46.6 Å². The van der Waals surface area contributed by atoms with Crippen molar-refractivity contribution in [2.45, 2.75) is 4.90 Å². The third-order valence-electron chi connectivity index (χ3n) is 4.98. The van der Waals surface area contributed by atoms with Crippen molar-refractivity contribution in [2.75, 3.05) is 6.26 Å². The number of nitrogens with zero attached hydrogens (tertiary/aromatic N) is 8. The second-order valence-electron chi connectivity index (χ2n) is 7.49. The van der Waals surface area contributed by atoms with Crippen molar-refractivity contribution in [3.05, 3.63) is 83.4 Å². The predicted molar refractivity (Wildman–Crippen MR) is 131 cm³/mol.